The van der Waals surface area contributed by atoms with Crippen molar-refractivity contribution in [1.82, 2.24) is 0 Å². The second-order valence-electron chi connectivity index (χ2n) is 4.27. The molecule has 2 aliphatic rings. The molecule has 2 aliphatic carbocycles. The van der Waals surface area contributed by atoms with Gasteiger partial charge in [0.2, 0.25) is 0 Å². The van der Waals surface area contributed by atoms with Crippen LogP contribution in [0.3, 0.4) is 0 Å². The summed E-state index contributed by atoms with van der Waals surface area (Å²) in [5.74, 6) is 0.463. The molecule has 0 aliphatic heterocycles. The van der Waals surface area contributed by atoms with Gasteiger partial charge in [-0.1, -0.05) is 12.8 Å². The molecule has 0 amide bonds. The van der Waals surface area contributed by atoms with E-state index in [9.17, 15) is 10.2 Å². The lowest BCUT2D eigenvalue weighted by Crippen LogP contribution is -2.26. The van der Waals surface area contributed by atoms with Crippen LogP contribution in [0.2, 0.25) is 0 Å². The SMILES string of the molecule is [O]C1CCCC1C1CCCC1[O]. The first-order valence-corrected chi connectivity index (χ1v) is 5.10. The summed E-state index contributed by atoms with van der Waals surface area (Å²) in [5.41, 5.74) is 0. The number of hydrogen-bond donors (Lipinski definition) is 0. The maximum Gasteiger partial charge on any atom is 0.0961 e. The zero-order valence-corrected chi connectivity index (χ0v) is 7.37. The standard InChI is InChI=1S/C10H16O2/c11-9-5-1-3-7(9)8-4-2-6-10(8)12/h7-10H,1-6H2. The minimum Gasteiger partial charge on any atom is -0.233 e. The lowest BCUT2D eigenvalue weighted by molar-refractivity contribution is -0.0211. The minimum absolute atomic E-state index is 0.231. The largest absolute Gasteiger partial charge is 0.233 e. The van der Waals surface area contributed by atoms with Gasteiger partial charge in [-0.15, -0.1) is 0 Å². The van der Waals surface area contributed by atoms with Crippen LogP contribution < -0.4 is 0 Å². The highest BCUT2D eigenvalue weighted by atomic mass is 16.3. The maximum atomic E-state index is 11.5. The van der Waals surface area contributed by atoms with Crippen molar-refractivity contribution in [2.24, 2.45) is 11.8 Å². The van der Waals surface area contributed by atoms with Gasteiger partial charge in [0, 0.05) is 0 Å². The molecule has 0 N–H and O–H groups in total. The van der Waals surface area contributed by atoms with Crippen LogP contribution in [0.5, 0.6) is 0 Å². The van der Waals surface area contributed by atoms with Crippen LogP contribution in [0.15, 0.2) is 0 Å². The lowest BCUT2D eigenvalue weighted by atomic mass is 9.86. The van der Waals surface area contributed by atoms with E-state index in [1.807, 2.05) is 0 Å². The Balaban J connectivity index is 1.98. The maximum absolute atomic E-state index is 11.5. The fourth-order valence-electron chi connectivity index (χ4n) is 2.89. The molecule has 4 unspecified atom stereocenters. The Hall–Kier alpha value is -0.0800. The van der Waals surface area contributed by atoms with E-state index in [2.05, 4.69) is 0 Å². The topological polar surface area (TPSA) is 39.8 Å². The van der Waals surface area contributed by atoms with Crippen LogP contribution in [0, 0.1) is 11.8 Å². The Bertz CT molecular complexity index is 140. The first-order chi connectivity index (χ1) is 5.79. The summed E-state index contributed by atoms with van der Waals surface area (Å²) in [5, 5.41) is 22.9. The Morgan fingerprint density at radius 1 is 0.667 bits per heavy atom. The third-order valence-electron chi connectivity index (χ3n) is 3.56. The molecule has 0 aromatic heterocycles. The summed E-state index contributed by atoms with van der Waals surface area (Å²) < 4.78 is 0. The highest BCUT2D eigenvalue weighted by Gasteiger charge is 2.40. The van der Waals surface area contributed by atoms with E-state index < -0.39 is 12.2 Å². The third-order valence-corrected chi connectivity index (χ3v) is 3.56. The van der Waals surface area contributed by atoms with Crippen LogP contribution in [-0.2, 0) is 10.2 Å². The van der Waals surface area contributed by atoms with E-state index in [0.717, 1.165) is 38.5 Å². The molecule has 2 saturated carbocycles. The van der Waals surface area contributed by atoms with Crippen molar-refractivity contribution in [3.8, 4) is 0 Å². The summed E-state index contributed by atoms with van der Waals surface area (Å²) in [6.45, 7) is 0. The van der Waals surface area contributed by atoms with Gasteiger partial charge in [-0.3, -0.25) is 0 Å². The minimum atomic E-state index is -0.412. The quantitative estimate of drug-likeness (QED) is 0.575. The molecule has 0 spiro atoms. The van der Waals surface area contributed by atoms with Crippen molar-refractivity contribution in [2.75, 3.05) is 0 Å². The fourth-order valence-corrected chi connectivity index (χ4v) is 2.89. The Labute approximate surface area is 73.6 Å². The molecule has 4 atom stereocenters. The average molecular weight is 168 g/mol. The molecule has 2 nitrogen and oxygen atoms in total. The third kappa shape index (κ3) is 1.38. The van der Waals surface area contributed by atoms with Crippen molar-refractivity contribution in [3.05, 3.63) is 0 Å². The van der Waals surface area contributed by atoms with Crippen molar-refractivity contribution in [3.63, 3.8) is 0 Å². The highest BCUT2D eigenvalue weighted by Crippen LogP contribution is 2.40. The average Bonchev–Trinajstić information content (AvgIpc) is 2.59. The van der Waals surface area contributed by atoms with E-state index in [1.165, 1.54) is 0 Å². The summed E-state index contributed by atoms with van der Waals surface area (Å²) in [6.07, 6.45) is 4.97. The van der Waals surface area contributed by atoms with Crippen molar-refractivity contribution in [1.29, 1.82) is 0 Å². The zero-order valence-electron chi connectivity index (χ0n) is 7.37. The van der Waals surface area contributed by atoms with Gasteiger partial charge in [0.05, 0.1) is 12.2 Å². The molecule has 0 aromatic carbocycles. The molecule has 0 aromatic rings. The molecule has 12 heavy (non-hydrogen) atoms. The van der Waals surface area contributed by atoms with Crippen LogP contribution in [0.4, 0.5) is 0 Å². The monoisotopic (exact) mass is 168 g/mol. The second kappa shape index (κ2) is 3.35. The lowest BCUT2D eigenvalue weighted by Gasteiger charge is -2.22. The molecule has 0 bridgehead atoms. The first-order valence-electron chi connectivity index (χ1n) is 5.10. The van der Waals surface area contributed by atoms with Gasteiger partial charge >= 0.3 is 0 Å². The molecule has 0 heterocycles. The molecule has 2 radical (unpaired) electrons. The van der Waals surface area contributed by atoms with Gasteiger partial charge < -0.3 is 0 Å². The Morgan fingerprint density at radius 2 is 1.08 bits per heavy atom. The van der Waals surface area contributed by atoms with E-state index in [0.29, 0.717) is 0 Å². The van der Waals surface area contributed by atoms with E-state index in [-0.39, 0.29) is 11.8 Å². The molecule has 2 fully saturated rings. The van der Waals surface area contributed by atoms with Crippen LogP contribution in [-0.4, -0.2) is 12.2 Å². The second-order valence-corrected chi connectivity index (χ2v) is 4.27. The van der Waals surface area contributed by atoms with Crippen molar-refractivity contribution in [2.45, 2.75) is 50.7 Å². The molecule has 68 valence electrons. The zero-order chi connectivity index (χ0) is 8.55. The van der Waals surface area contributed by atoms with Gasteiger partial charge in [0.15, 0.2) is 0 Å². The van der Waals surface area contributed by atoms with Crippen molar-refractivity contribution >= 4 is 0 Å². The van der Waals surface area contributed by atoms with Gasteiger partial charge in [0.1, 0.15) is 0 Å². The molecule has 0 saturated heterocycles. The van der Waals surface area contributed by atoms with Gasteiger partial charge in [-0.25, -0.2) is 10.2 Å². The van der Waals surface area contributed by atoms with Gasteiger partial charge in [-0.2, -0.15) is 0 Å². The van der Waals surface area contributed by atoms with Gasteiger partial charge in [0.25, 0.3) is 0 Å². The Kier molecular flexibility index (Phi) is 2.37. The number of rotatable bonds is 1. The normalized spacial score (nSPS) is 48.5. The summed E-state index contributed by atoms with van der Waals surface area (Å²) in [4.78, 5) is 0. The number of hydrogen-bond acceptors (Lipinski definition) is 0. The molecule has 2 heteroatoms. The summed E-state index contributed by atoms with van der Waals surface area (Å²) in [7, 11) is 0. The molecular weight excluding hydrogens is 152 g/mol. The Morgan fingerprint density at radius 3 is 1.33 bits per heavy atom. The van der Waals surface area contributed by atoms with Crippen LogP contribution >= 0.6 is 0 Å². The molecule has 2 rings (SSSR count). The highest BCUT2D eigenvalue weighted by molar-refractivity contribution is 4.88. The summed E-state index contributed by atoms with van der Waals surface area (Å²) >= 11 is 0. The summed E-state index contributed by atoms with van der Waals surface area (Å²) in [6, 6.07) is 0. The predicted octanol–water partition coefficient (Wildman–Crippen LogP) is 2.18. The van der Waals surface area contributed by atoms with E-state index in [4.69, 9.17) is 0 Å². The van der Waals surface area contributed by atoms with E-state index in [1.54, 1.807) is 0 Å². The van der Waals surface area contributed by atoms with Crippen molar-refractivity contribution < 1.29 is 10.2 Å². The smallest absolute Gasteiger partial charge is 0.0961 e. The fraction of sp³-hybridized carbons (Fsp3) is 1.00. The van der Waals surface area contributed by atoms with E-state index >= 15 is 0 Å². The molecular formula is C10H16O2. The van der Waals surface area contributed by atoms with Crippen LogP contribution in [0.25, 0.3) is 0 Å². The predicted molar refractivity (Wildman–Crippen MR) is 43.6 cm³/mol. The first kappa shape index (κ1) is 8.52. The van der Waals surface area contributed by atoms with Gasteiger partial charge in [-0.05, 0) is 37.5 Å². The van der Waals surface area contributed by atoms with Crippen LogP contribution in [0.1, 0.15) is 38.5 Å².